The smallest absolute Gasteiger partial charge is 0.285 e. The van der Waals surface area contributed by atoms with Crippen molar-refractivity contribution in [3.05, 3.63) is 0 Å². The summed E-state index contributed by atoms with van der Waals surface area (Å²) >= 11 is 0. The van der Waals surface area contributed by atoms with Gasteiger partial charge in [0.2, 0.25) is 0 Å². The topological polar surface area (TPSA) is 78.8 Å². The third-order valence-electron chi connectivity index (χ3n) is 2.94. The van der Waals surface area contributed by atoms with Crippen LogP contribution in [0.25, 0.3) is 0 Å². The Morgan fingerprint density at radius 1 is 1.38 bits per heavy atom. The number of amides is 1. The van der Waals surface area contributed by atoms with Crippen molar-refractivity contribution in [2.75, 3.05) is 0 Å². The van der Waals surface area contributed by atoms with Gasteiger partial charge < -0.3 is 0 Å². The number of carbonyl (C=O) groups is 2. The molecule has 0 radical (unpaired) electrons. The zero-order chi connectivity index (χ0) is 12.0. The SMILES string of the molecule is C[C@H](N=CC(=O)NO)C(=O)C1CCCCC1. The Morgan fingerprint density at radius 2 is 2.00 bits per heavy atom. The van der Waals surface area contributed by atoms with Gasteiger partial charge in [0.25, 0.3) is 5.91 Å². The molecule has 0 spiro atoms. The van der Waals surface area contributed by atoms with Gasteiger partial charge in [-0.3, -0.25) is 19.8 Å². The standard InChI is InChI=1S/C11H18N2O3/c1-8(12-7-10(14)13-16)11(15)9-5-3-2-4-6-9/h7-9,16H,2-6H2,1H3,(H,13,14)/t8-/m0/s1. The predicted octanol–water partition coefficient (Wildman–Crippen LogP) is 1.10. The molecule has 1 rings (SSSR count). The van der Waals surface area contributed by atoms with Crippen molar-refractivity contribution in [3.63, 3.8) is 0 Å². The minimum atomic E-state index is -0.705. The van der Waals surface area contributed by atoms with Gasteiger partial charge in [-0.2, -0.15) is 0 Å². The van der Waals surface area contributed by atoms with Crippen molar-refractivity contribution < 1.29 is 14.8 Å². The Balaban J connectivity index is 2.46. The molecule has 0 saturated heterocycles. The van der Waals surface area contributed by atoms with E-state index in [0.717, 1.165) is 31.9 Å². The van der Waals surface area contributed by atoms with E-state index in [9.17, 15) is 9.59 Å². The van der Waals surface area contributed by atoms with Gasteiger partial charge in [0.05, 0.1) is 6.21 Å². The fraction of sp³-hybridized carbons (Fsp3) is 0.727. The van der Waals surface area contributed by atoms with E-state index >= 15 is 0 Å². The van der Waals surface area contributed by atoms with Crippen molar-refractivity contribution >= 4 is 17.9 Å². The molecule has 0 aromatic rings. The van der Waals surface area contributed by atoms with Gasteiger partial charge in [-0.1, -0.05) is 19.3 Å². The molecule has 2 N–H and O–H groups in total. The van der Waals surface area contributed by atoms with Crippen LogP contribution in [-0.4, -0.2) is 29.2 Å². The quantitative estimate of drug-likeness (QED) is 0.428. The fourth-order valence-corrected chi connectivity index (χ4v) is 2.01. The number of Topliss-reactive ketones (excluding diaryl/α,β-unsaturated/α-hetero) is 1. The fourth-order valence-electron chi connectivity index (χ4n) is 2.01. The molecule has 0 bridgehead atoms. The second-order valence-electron chi connectivity index (χ2n) is 4.17. The van der Waals surface area contributed by atoms with Crippen molar-refractivity contribution in [2.24, 2.45) is 10.9 Å². The summed E-state index contributed by atoms with van der Waals surface area (Å²) in [6, 6.07) is -0.500. The zero-order valence-electron chi connectivity index (χ0n) is 9.48. The van der Waals surface area contributed by atoms with Crippen LogP contribution >= 0.6 is 0 Å². The van der Waals surface area contributed by atoms with E-state index in [1.807, 2.05) is 0 Å². The number of hydroxylamine groups is 1. The van der Waals surface area contributed by atoms with Crippen LogP contribution in [-0.2, 0) is 9.59 Å². The van der Waals surface area contributed by atoms with Crippen LogP contribution < -0.4 is 5.48 Å². The third-order valence-corrected chi connectivity index (χ3v) is 2.94. The molecule has 0 aliphatic heterocycles. The van der Waals surface area contributed by atoms with Crippen LogP contribution in [0.3, 0.4) is 0 Å². The highest BCUT2D eigenvalue weighted by atomic mass is 16.5. The van der Waals surface area contributed by atoms with Crippen molar-refractivity contribution in [2.45, 2.75) is 45.1 Å². The molecule has 1 aliphatic rings. The number of carbonyl (C=O) groups excluding carboxylic acids is 2. The minimum absolute atomic E-state index is 0.0955. The first-order valence-electron chi connectivity index (χ1n) is 5.66. The molecule has 0 aromatic heterocycles. The molecule has 5 heteroatoms. The number of rotatable bonds is 4. The van der Waals surface area contributed by atoms with Crippen LogP contribution in [0.5, 0.6) is 0 Å². The van der Waals surface area contributed by atoms with Gasteiger partial charge in [0.15, 0.2) is 5.78 Å². The second kappa shape index (κ2) is 6.37. The largest absolute Gasteiger partial charge is 0.297 e. The molecular formula is C11H18N2O3. The summed E-state index contributed by atoms with van der Waals surface area (Å²) in [6.07, 6.45) is 6.23. The lowest BCUT2D eigenvalue weighted by molar-refractivity contribution is -0.124. The van der Waals surface area contributed by atoms with E-state index in [1.54, 1.807) is 6.92 Å². The minimum Gasteiger partial charge on any atom is -0.297 e. The van der Waals surface area contributed by atoms with E-state index in [2.05, 4.69) is 4.99 Å². The number of hydrogen-bond donors (Lipinski definition) is 2. The molecule has 0 aromatic carbocycles. The van der Waals surface area contributed by atoms with Gasteiger partial charge in [-0.25, -0.2) is 5.48 Å². The van der Waals surface area contributed by atoms with Crippen LogP contribution in [0.2, 0.25) is 0 Å². The summed E-state index contributed by atoms with van der Waals surface area (Å²) in [5, 5.41) is 8.26. The molecular weight excluding hydrogens is 208 g/mol. The molecule has 1 saturated carbocycles. The Hall–Kier alpha value is -1.23. The van der Waals surface area contributed by atoms with Crippen LogP contribution in [0.15, 0.2) is 4.99 Å². The van der Waals surface area contributed by atoms with E-state index in [-0.39, 0.29) is 11.7 Å². The molecule has 16 heavy (non-hydrogen) atoms. The highest BCUT2D eigenvalue weighted by Gasteiger charge is 2.24. The van der Waals surface area contributed by atoms with Crippen LogP contribution in [0.1, 0.15) is 39.0 Å². The third kappa shape index (κ3) is 3.73. The van der Waals surface area contributed by atoms with Gasteiger partial charge in [0.1, 0.15) is 6.04 Å². The Kier molecular flexibility index (Phi) is 5.11. The maximum Gasteiger partial charge on any atom is 0.285 e. The average Bonchev–Trinajstić information content (AvgIpc) is 2.35. The molecule has 5 nitrogen and oxygen atoms in total. The maximum absolute atomic E-state index is 11.9. The number of hydrogen-bond acceptors (Lipinski definition) is 4. The number of nitrogens with zero attached hydrogens (tertiary/aromatic N) is 1. The maximum atomic E-state index is 11.9. The average molecular weight is 226 g/mol. The van der Waals surface area contributed by atoms with Crippen LogP contribution in [0.4, 0.5) is 0 Å². The molecule has 90 valence electrons. The Morgan fingerprint density at radius 3 is 2.56 bits per heavy atom. The molecule has 0 unspecified atom stereocenters. The summed E-state index contributed by atoms with van der Waals surface area (Å²) in [5.41, 5.74) is 1.44. The number of nitrogens with one attached hydrogen (secondary N) is 1. The number of ketones is 1. The highest BCUT2D eigenvalue weighted by Crippen LogP contribution is 2.25. The summed E-state index contributed by atoms with van der Waals surface area (Å²) in [7, 11) is 0. The predicted molar refractivity (Wildman–Crippen MR) is 59.5 cm³/mol. The number of aliphatic imine (C=N–C) groups is 1. The van der Waals surface area contributed by atoms with E-state index in [4.69, 9.17) is 5.21 Å². The lowest BCUT2D eigenvalue weighted by Gasteiger charge is -2.21. The van der Waals surface area contributed by atoms with Crippen LogP contribution in [0, 0.1) is 5.92 Å². The molecule has 1 amide bonds. The van der Waals surface area contributed by atoms with Gasteiger partial charge in [0, 0.05) is 5.92 Å². The second-order valence-corrected chi connectivity index (χ2v) is 4.17. The summed E-state index contributed by atoms with van der Waals surface area (Å²) < 4.78 is 0. The first-order valence-corrected chi connectivity index (χ1v) is 5.66. The molecule has 0 heterocycles. The highest BCUT2D eigenvalue weighted by molar-refractivity contribution is 6.26. The molecule has 1 atom stereocenters. The molecule has 1 aliphatic carbocycles. The lowest BCUT2D eigenvalue weighted by atomic mass is 9.84. The van der Waals surface area contributed by atoms with Crippen molar-refractivity contribution in [1.82, 2.24) is 5.48 Å². The first kappa shape index (κ1) is 12.8. The van der Waals surface area contributed by atoms with Gasteiger partial charge >= 0.3 is 0 Å². The van der Waals surface area contributed by atoms with Gasteiger partial charge in [-0.05, 0) is 19.8 Å². The van der Waals surface area contributed by atoms with E-state index in [0.29, 0.717) is 0 Å². The summed E-state index contributed by atoms with van der Waals surface area (Å²) in [6.45, 7) is 1.68. The normalized spacial score (nSPS) is 19.6. The van der Waals surface area contributed by atoms with E-state index < -0.39 is 11.9 Å². The zero-order valence-corrected chi connectivity index (χ0v) is 9.48. The Labute approximate surface area is 94.9 Å². The summed E-state index contributed by atoms with van der Waals surface area (Å²) in [4.78, 5) is 26.4. The van der Waals surface area contributed by atoms with Crippen molar-refractivity contribution in [3.8, 4) is 0 Å². The lowest BCUT2D eigenvalue weighted by Crippen LogP contribution is -2.28. The molecule has 1 fully saturated rings. The van der Waals surface area contributed by atoms with E-state index in [1.165, 1.54) is 11.9 Å². The monoisotopic (exact) mass is 226 g/mol. The Bertz CT molecular complexity index is 283. The van der Waals surface area contributed by atoms with Gasteiger partial charge in [-0.15, -0.1) is 0 Å². The van der Waals surface area contributed by atoms with Crippen molar-refractivity contribution in [1.29, 1.82) is 0 Å². The first-order chi connectivity index (χ1) is 7.65. The summed E-state index contributed by atoms with van der Waals surface area (Å²) in [5.74, 6) is -0.511.